The van der Waals surface area contributed by atoms with E-state index in [1.807, 2.05) is 0 Å². The number of amides is 1. The van der Waals surface area contributed by atoms with Gasteiger partial charge in [0.15, 0.2) is 5.69 Å². The van der Waals surface area contributed by atoms with E-state index in [0.717, 1.165) is 42.6 Å². The summed E-state index contributed by atoms with van der Waals surface area (Å²) in [5, 5.41) is 6.99. The zero-order chi connectivity index (χ0) is 18.6. The average molecular weight is 385 g/mol. The molecule has 1 saturated heterocycles. The summed E-state index contributed by atoms with van der Waals surface area (Å²) < 4.78 is 43.5. The number of nitrogens with one attached hydrogen (secondary N) is 2. The van der Waals surface area contributed by atoms with Gasteiger partial charge in [0.25, 0.3) is 0 Å². The summed E-state index contributed by atoms with van der Waals surface area (Å²) in [5.74, 6) is 0.325. The number of nitrogens with zero attached hydrogens (tertiary/aromatic N) is 1. The molecule has 2 aromatic rings. The largest absolute Gasteiger partial charge is 0.449 e. The summed E-state index contributed by atoms with van der Waals surface area (Å²) in [6.45, 7) is 2.14. The van der Waals surface area contributed by atoms with E-state index in [9.17, 15) is 18.0 Å². The first-order chi connectivity index (χ1) is 12.4. The quantitative estimate of drug-likeness (QED) is 0.820. The van der Waals surface area contributed by atoms with Crippen molar-refractivity contribution in [3.05, 3.63) is 35.3 Å². The normalized spacial score (nSPS) is 15.7. The number of anilines is 1. The number of halogens is 3. The van der Waals surface area contributed by atoms with Gasteiger partial charge in [-0.3, -0.25) is 5.32 Å². The maximum Gasteiger partial charge on any atom is 0.434 e. The number of carbonyl (C=O) groups excluding carboxylic acids is 1. The fourth-order valence-electron chi connectivity index (χ4n) is 2.69. The minimum absolute atomic E-state index is 0.187. The van der Waals surface area contributed by atoms with E-state index in [0.29, 0.717) is 23.8 Å². The second kappa shape index (κ2) is 8.05. The van der Waals surface area contributed by atoms with Crippen molar-refractivity contribution in [3.63, 3.8) is 0 Å². The lowest BCUT2D eigenvalue weighted by molar-refractivity contribution is -0.140. The van der Waals surface area contributed by atoms with E-state index in [1.54, 1.807) is 24.3 Å². The number of hydrogen-bond acceptors (Lipinski definition) is 5. The molecule has 1 amide bonds. The Morgan fingerprint density at radius 1 is 1.31 bits per heavy atom. The molecule has 0 bridgehead atoms. The third-order valence-electron chi connectivity index (χ3n) is 4.10. The minimum atomic E-state index is -4.50. The first-order valence-electron chi connectivity index (χ1n) is 8.20. The third kappa shape index (κ3) is 4.73. The molecule has 2 heterocycles. The smallest absolute Gasteiger partial charge is 0.434 e. The van der Waals surface area contributed by atoms with Gasteiger partial charge >= 0.3 is 12.3 Å². The molecule has 1 fully saturated rings. The van der Waals surface area contributed by atoms with Crippen LogP contribution in [0, 0.1) is 5.92 Å². The second-order valence-electron chi connectivity index (χ2n) is 6.00. The number of ether oxygens (including phenoxy) is 1. The predicted octanol–water partition coefficient (Wildman–Crippen LogP) is 4.38. The van der Waals surface area contributed by atoms with Gasteiger partial charge in [-0.25, -0.2) is 9.78 Å². The lowest BCUT2D eigenvalue weighted by atomic mass is 9.99. The molecule has 3 rings (SSSR count). The van der Waals surface area contributed by atoms with Gasteiger partial charge < -0.3 is 10.1 Å². The molecule has 0 unspecified atom stereocenters. The highest BCUT2D eigenvalue weighted by molar-refractivity contribution is 7.13. The molecule has 0 saturated carbocycles. The molecular formula is C17H18F3N3O2S. The summed E-state index contributed by atoms with van der Waals surface area (Å²) in [7, 11) is 0. The SMILES string of the molecule is O=C(Nc1ccccc1-c1nc(C(F)(F)F)cs1)OCC1CCNCC1. The highest BCUT2D eigenvalue weighted by Crippen LogP contribution is 2.36. The topological polar surface area (TPSA) is 63.2 Å². The second-order valence-corrected chi connectivity index (χ2v) is 6.86. The van der Waals surface area contributed by atoms with Crippen LogP contribution < -0.4 is 10.6 Å². The average Bonchev–Trinajstić information content (AvgIpc) is 3.12. The van der Waals surface area contributed by atoms with Gasteiger partial charge in [-0.15, -0.1) is 11.3 Å². The molecule has 1 aliphatic rings. The molecule has 0 radical (unpaired) electrons. The number of hydrogen-bond donors (Lipinski definition) is 2. The monoisotopic (exact) mass is 385 g/mol. The summed E-state index contributed by atoms with van der Waals surface area (Å²) in [4.78, 5) is 15.7. The Bertz CT molecular complexity index is 758. The molecule has 0 atom stereocenters. The van der Waals surface area contributed by atoms with Crippen LogP contribution in [-0.2, 0) is 10.9 Å². The van der Waals surface area contributed by atoms with Gasteiger partial charge in [-0.2, -0.15) is 13.2 Å². The van der Waals surface area contributed by atoms with Crippen LogP contribution in [0.4, 0.5) is 23.7 Å². The maximum absolute atomic E-state index is 12.8. The number of rotatable bonds is 4. The van der Waals surface area contributed by atoms with Crippen LogP contribution in [0.15, 0.2) is 29.6 Å². The fourth-order valence-corrected chi connectivity index (χ4v) is 3.56. The number of thiazole rings is 1. The molecule has 26 heavy (non-hydrogen) atoms. The van der Waals surface area contributed by atoms with Gasteiger partial charge in [0, 0.05) is 10.9 Å². The van der Waals surface area contributed by atoms with Crippen molar-refractivity contribution in [2.24, 2.45) is 5.92 Å². The molecule has 140 valence electrons. The van der Waals surface area contributed by atoms with Crippen LogP contribution >= 0.6 is 11.3 Å². The molecular weight excluding hydrogens is 367 g/mol. The molecule has 1 aromatic heterocycles. The Balaban J connectivity index is 1.67. The van der Waals surface area contributed by atoms with Crippen molar-refractivity contribution in [1.82, 2.24) is 10.3 Å². The molecule has 0 spiro atoms. The third-order valence-corrected chi connectivity index (χ3v) is 4.97. The molecule has 1 aromatic carbocycles. The van der Waals surface area contributed by atoms with Gasteiger partial charge in [0.05, 0.1) is 12.3 Å². The van der Waals surface area contributed by atoms with E-state index in [2.05, 4.69) is 15.6 Å². The highest BCUT2D eigenvalue weighted by atomic mass is 32.1. The van der Waals surface area contributed by atoms with Gasteiger partial charge in [-0.1, -0.05) is 12.1 Å². The van der Waals surface area contributed by atoms with Crippen molar-refractivity contribution in [2.45, 2.75) is 19.0 Å². The van der Waals surface area contributed by atoms with E-state index in [1.165, 1.54) is 0 Å². The van der Waals surface area contributed by atoms with Crippen LogP contribution in [0.1, 0.15) is 18.5 Å². The highest BCUT2D eigenvalue weighted by Gasteiger charge is 2.34. The number of alkyl halides is 3. The van der Waals surface area contributed by atoms with Crippen molar-refractivity contribution in [2.75, 3.05) is 25.0 Å². The Labute approximate surface area is 152 Å². The van der Waals surface area contributed by atoms with Gasteiger partial charge in [0.2, 0.25) is 0 Å². The lowest BCUT2D eigenvalue weighted by Gasteiger charge is -2.22. The standard InChI is InChI=1S/C17H18F3N3O2S/c18-17(19,20)14-10-26-15(23-14)12-3-1-2-4-13(12)22-16(24)25-9-11-5-7-21-8-6-11/h1-4,10-11,21H,5-9H2,(H,22,24). The van der Waals surface area contributed by atoms with Crippen LogP contribution in [0.3, 0.4) is 0 Å². The predicted molar refractivity (Wildman–Crippen MR) is 93.1 cm³/mol. The van der Waals surface area contributed by atoms with Crippen LogP contribution in [0.25, 0.3) is 10.6 Å². The van der Waals surface area contributed by atoms with Crippen molar-refractivity contribution in [1.29, 1.82) is 0 Å². The molecule has 0 aliphatic carbocycles. The van der Waals surface area contributed by atoms with Crippen molar-refractivity contribution < 1.29 is 22.7 Å². The van der Waals surface area contributed by atoms with Gasteiger partial charge in [0.1, 0.15) is 5.01 Å². The number of benzene rings is 1. The lowest BCUT2D eigenvalue weighted by Crippen LogP contribution is -2.31. The zero-order valence-corrected chi connectivity index (χ0v) is 14.6. The number of carbonyl (C=O) groups is 1. The summed E-state index contributed by atoms with van der Waals surface area (Å²) >= 11 is 0.877. The molecule has 1 aliphatic heterocycles. The molecule has 2 N–H and O–H groups in total. The Morgan fingerprint density at radius 3 is 2.73 bits per heavy atom. The van der Waals surface area contributed by atoms with E-state index in [4.69, 9.17) is 4.74 Å². The van der Waals surface area contributed by atoms with Crippen molar-refractivity contribution in [3.8, 4) is 10.6 Å². The number of aromatic nitrogens is 1. The number of para-hydroxylation sites is 1. The summed E-state index contributed by atoms with van der Waals surface area (Å²) in [5.41, 5.74) is -0.154. The Morgan fingerprint density at radius 2 is 2.04 bits per heavy atom. The maximum atomic E-state index is 12.8. The molecule has 5 nitrogen and oxygen atoms in total. The van der Waals surface area contributed by atoms with E-state index in [-0.39, 0.29) is 5.01 Å². The van der Waals surface area contributed by atoms with Gasteiger partial charge in [-0.05, 0) is 44.0 Å². The first-order valence-corrected chi connectivity index (χ1v) is 9.08. The fraction of sp³-hybridized carbons (Fsp3) is 0.412. The Hall–Kier alpha value is -2.13. The number of piperidine rings is 1. The van der Waals surface area contributed by atoms with Crippen LogP contribution in [0.2, 0.25) is 0 Å². The zero-order valence-electron chi connectivity index (χ0n) is 13.8. The van der Waals surface area contributed by atoms with Crippen LogP contribution in [0.5, 0.6) is 0 Å². The Kier molecular flexibility index (Phi) is 5.77. The minimum Gasteiger partial charge on any atom is -0.449 e. The van der Waals surface area contributed by atoms with Crippen molar-refractivity contribution >= 4 is 23.1 Å². The summed E-state index contributed by atoms with van der Waals surface area (Å²) in [6.07, 6.45) is -3.22. The summed E-state index contributed by atoms with van der Waals surface area (Å²) in [6, 6.07) is 6.58. The van der Waals surface area contributed by atoms with Crippen LogP contribution in [-0.4, -0.2) is 30.8 Å². The van der Waals surface area contributed by atoms with E-state index >= 15 is 0 Å². The first kappa shape index (κ1) is 18.7. The van der Waals surface area contributed by atoms with E-state index < -0.39 is 18.0 Å². The molecule has 9 heteroatoms.